The van der Waals surface area contributed by atoms with Gasteiger partial charge in [0.1, 0.15) is 0 Å². The molecule has 1 heterocycles. The van der Waals surface area contributed by atoms with Crippen molar-refractivity contribution in [2.45, 2.75) is 33.1 Å². The minimum atomic E-state index is 0.363. The standard InChI is InChI=1S/C15H20N2S/c1-10-4-5-11(2)13(6-10)7-14-9-17-15(18-14)12(3)8-16/h4-6,9,12H,7-8,16H2,1-3H3. The van der Waals surface area contributed by atoms with Gasteiger partial charge in [-0.2, -0.15) is 0 Å². The summed E-state index contributed by atoms with van der Waals surface area (Å²) < 4.78 is 0. The predicted octanol–water partition coefficient (Wildman–Crippen LogP) is 3.41. The average Bonchev–Trinajstić information content (AvgIpc) is 2.81. The van der Waals surface area contributed by atoms with E-state index in [9.17, 15) is 0 Å². The Kier molecular flexibility index (Phi) is 4.15. The zero-order chi connectivity index (χ0) is 13.1. The molecule has 0 bridgehead atoms. The van der Waals surface area contributed by atoms with E-state index < -0.39 is 0 Å². The van der Waals surface area contributed by atoms with Crippen molar-refractivity contribution in [3.8, 4) is 0 Å². The number of aromatic nitrogens is 1. The average molecular weight is 260 g/mol. The number of nitrogens with two attached hydrogens (primary N) is 1. The molecule has 1 aromatic heterocycles. The smallest absolute Gasteiger partial charge is 0.0968 e. The molecular formula is C15H20N2S. The SMILES string of the molecule is Cc1ccc(C)c(Cc2cnc(C(C)CN)s2)c1. The summed E-state index contributed by atoms with van der Waals surface area (Å²) in [6.45, 7) is 7.09. The third kappa shape index (κ3) is 2.98. The van der Waals surface area contributed by atoms with Gasteiger partial charge in [-0.25, -0.2) is 4.98 Å². The number of hydrogen-bond acceptors (Lipinski definition) is 3. The second-order valence-corrected chi connectivity index (χ2v) is 6.06. The molecule has 1 unspecified atom stereocenters. The first-order chi connectivity index (χ1) is 8.60. The summed E-state index contributed by atoms with van der Waals surface area (Å²) >= 11 is 1.78. The van der Waals surface area contributed by atoms with Crippen molar-refractivity contribution >= 4 is 11.3 Å². The van der Waals surface area contributed by atoms with Gasteiger partial charge in [0.2, 0.25) is 0 Å². The van der Waals surface area contributed by atoms with Crippen molar-refractivity contribution in [3.63, 3.8) is 0 Å². The predicted molar refractivity (Wildman–Crippen MR) is 78.3 cm³/mol. The van der Waals surface area contributed by atoms with Gasteiger partial charge < -0.3 is 5.73 Å². The summed E-state index contributed by atoms with van der Waals surface area (Å²) in [7, 11) is 0. The van der Waals surface area contributed by atoms with Crippen LogP contribution in [-0.2, 0) is 6.42 Å². The van der Waals surface area contributed by atoms with Gasteiger partial charge in [0.05, 0.1) is 5.01 Å². The molecule has 1 aromatic carbocycles. The van der Waals surface area contributed by atoms with Crippen molar-refractivity contribution in [1.29, 1.82) is 0 Å². The molecule has 0 aliphatic rings. The van der Waals surface area contributed by atoms with Gasteiger partial charge >= 0.3 is 0 Å². The highest BCUT2D eigenvalue weighted by molar-refractivity contribution is 7.11. The monoisotopic (exact) mass is 260 g/mol. The van der Waals surface area contributed by atoms with Crippen LogP contribution < -0.4 is 5.73 Å². The summed E-state index contributed by atoms with van der Waals surface area (Å²) in [6, 6.07) is 6.61. The lowest BCUT2D eigenvalue weighted by molar-refractivity contribution is 0.766. The summed E-state index contributed by atoms with van der Waals surface area (Å²) in [4.78, 5) is 5.79. The van der Waals surface area contributed by atoms with Crippen molar-refractivity contribution in [3.05, 3.63) is 51.0 Å². The molecule has 0 aliphatic heterocycles. The van der Waals surface area contributed by atoms with E-state index in [1.807, 2.05) is 6.20 Å². The maximum Gasteiger partial charge on any atom is 0.0968 e. The molecule has 0 aliphatic carbocycles. The zero-order valence-electron chi connectivity index (χ0n) is 11.2. The lowest BCUT2D eigenvalue weighted by Gasteiger charge is -2.05. The van der Waals surface area contributed by atoms with Crippen molar-refractivity contribution < 1.29 is 0 Å². The lowest BCUT2D eigenvalue weighted by atomic mass is 10.0. The van der Waals surface area contributed by atoms with Crippen LogP contribution in [0.5, 0.6) is 0 Å². The highest BCUT2D eigenvalue weighted by Crippen LogP contribution is 2.24. The Hall–Kier alpha value is -1.19. The minimum absolute atomic E-state index is 0.363. The number of nitrogens with zero attached hydrogens (tertiary/aromatic N) is 1. The van der Waals surface area contributed by atoms with Crippen LogP contribution in [0.2, 0.25) is 0 Å². The number of thiazole rings is 1. The molecule has 2 nitrogen and oxygen atoms in total. The summed E-state index contributed by atoms with van der Waals surface area (Å²) in [5, 5.41) is 1.15. The van der Waals surface area contributed by atoms with E-state index >= 15 is 0 Å². The Labute approximate surface area is 113 Å². The van der Waals surface area contributed by atoms with E-state index in [1.165, 1.54) is 21.6 Å². The highest BCUT2D eigenvalue weighted by Gasteiger charge is 2.10. The number of benzene rings is 1. The normalized spacial score (nSPS) is 12.7. The van der Waals surface area contributed by atoms with E-state index in [1.54, 1.807) is 11.3 Å². The molecular weight excluding hydrogens is 240 g/mol. The van der Waals surface area contributed by atoms with Crippen LogP contribution in [0.4, 0.5) is 0 Å². The molecule has 18 heavy (non-hydrogen) atoms. The Morgan fingerprint density at radius 3 is 2.83 bits per heavy atom. The Bertz CT molecular complexity index is 531. The van der Waals surface area contributed by atoms with Crippen LogP contribution in [0.3, 0.4) is 0 Å². The van der Waals surface area contributed by atoms with Gasteiger partial charge in [0.25, 0.3) is 0 Å². The van der Waals surface area contributed by atoms with Crippen LogP contribution in [0, 0.1) is 13.8 Å². The molecule has 2 rings (SSSR count). The molecule has 1 atom stereocenters. The highest BCUT2D eigenvalue weighted by atomic mass is 32.1. The zero-order valence-corrected chi connectivity index (χ0v) is 12.1. The topological polar surface area (TPSA) is 38.9 Å². The fourth-order valence-corrected chi connectivity index (χ4v) is 2.92. The van der Waals surface area contributed by atoms with Crippen LogP contribution in [0.1, 0.15) is 39.4 Å². The molecule has 96 valence electrons. The molecule has 3 heteroatoms. The summed E-state index contributed by atoms with van der Waals surface area (Å²) in [5.74, 6) is 0.363. The molecule has 2 N–H and O–H groups in total. The van der Waals surface area contributed by atoms with Crippen LogP contribution in [0.15, 0.2) is 24.4 Å². The second kappa shape index (κ2) is 5.63. The molecule has 0 radical (unpaired) electrons. The Morgan fingerprint density at radius 2 is 2.11 bits per heavy atom. The molecule has 0 amide bonds. The minimum Gasteiger partial charge on any atom is -0.330 e. The number of hydrogen-bond donors (Lipinski definition) is 1. The maximum atomic E-state index is 5.68. The third-order valence-electron chi connectivity index (χ3n) is 3.22. The quantitative estimate of drug-likeness (QED) is 0.915. The lowest BCUT2D eigenvalue weighted by Crippen LogP contribution is -2.08. The Morgan fingerprint density at radius 1 is 1.33 bits per heavy atom. The van der Waals surface area contributed by atoms with Crippen LogP contribution in [-0.4, -0.2) is 11.5 Å². The molecule has 0 spiro atoms. The summed E-state index contributed by atoms with van der Waals surface area (Å²) in [5.41, 5.74) is 9.74. The van der Waals surface area contributed by atoms with Gasteiger partial charge in [0.15, 0.2) is 0 Å². The largest absolute Gasteiger partial charge is 0.330 e. The van der Waals surface area contributed by atoms with Crippen LogP contribution >= 0.6 is 11.3 Å². The fourth-order valence-electron chi connectivity index (χ4n) is 1.91. The van der Waals surface area contributed by atoms with Gasteiger partial charge in [-0.15, -0.1) is 11.3 Å². The van der Waals surface area contributed by atoms with Gasteiger partial charge in [-0.1, -0.05) is 30.7 Å². The van der Waals surface area contributed by atoms with E-state index in [0.29, 0.717) is 12.5 Å². The Balaban J connectivity index is 2.18. The number of aryl methyl sites for hydroxylation is 2. The molecule has 2 aromatic rings. The first-order valence-corrected chi connectivity index (χ1v) is 7.12. The van der Waals surface area contributed by atoms with E-state index in [0.717, 1.165) is 11.4 Å². The number of rotatable bonds is 4. The van der Waals surface area contributed by atoms with Crippen molar-refractivity contribution in [2.75, 3.05) is 6.54 Å². The second-order valence-electron chi connectivity index (χ2n) is 4.91. The maximum absolute atomic E-state index is 5.68. The fraction of sp³-hybridized carbons (Fsp3) is 0.400. The first-order valence-electron chi connectivity index (χ1n) is 6.31. The molecule has 0 saturated carbocycles. The van der Waals surface area contributed by atoms with Crippen LogP contribution in [0.25, 0.3) is 0 Å². The van der Waals surface area contributed by atoms with Gasteiger partial charge in [0, 0.05) is 30.0 Å². The van der Waals surface area contributed by atoms with Crippen molar-refractivity contribution in [1.82, 2.24) is 4.98 Å². The first kappa shape index (κ1) is 13.2. The molecule has 0 saturated heterocycles. The van der Waals surface area contributed by atoms with Gasteiger partial charge in [-0.05, 0) is 25.0 Å². The van der Waals surface area contributed by atoms with E-state index in [-0.39, 0.29) is 0 Å². The summed E-state index contributed by atoms with van der Waals surface area (Å²) in [6.07, 6.45) is 2.97. The van der Waals surface area contributed by atoms with Gasteiger partial charge in [-0.3, -0.25) is 0 Å². The van der Waals surface area contributed by atoms with Crippen molar-refractivity contribution in [2.24, 2.45) is 5.73 Å². The van der Waals surface area contributed by atoms with E-state index in [4.69, 9.17) is 5.73 Å². The third-order valence-corrected chi connectivity index (χ3v) is 4.44. The molecule has 0 fully saturated rings. The van der Waals surface area contributed by atoms with E-state index in [2.05, 4.69) is 44.0 Å².